The van der Waals surface area contributed by atoms with Crippen molar-refractivity contribution in [3.05, 3.63) is 35.9 Å². The predicted molar refractivity (Wildman–Crippen MR) is 47.9 cm³/mol. The van der Waals surface area contributed by atoms with E-state index in [1.807, 2.05) is 6.07 Å². The molecule has 1 atom stereocenters. The molecule has 1 unspecified atom stereocenters. The Morgan fingerprint density at radius 2 is 2.08 bits per heavy atom. The molecule has 1 aromatic rings. The van der Waals surface area contributed by atoms with E-state index in [4.69, 9.17) is 0 Å². The summed E-state index contributed by atoms with van der Waals surface area (Å²) in [5, 5.41) is 0. The van der Waals surface area contributed by atoms with E-state index >= 15 is 0 Å². The van der Waals surface area contributed by atoms with Gasteiger partial charge < -0.3 is 0 Å². The first-order valence-corrected chi connectivity index (χ1v) is 4.07. The minimum Gasteiger partial charge on any atom is -0.242 e. The first kappa shape index (κ1) is 9.62. The molecule has 0 saturated heterocycles. The highest BCUT2D eigenvalue weighted by atomic mass is 19.1. The smallest absolute Gasteiger partial charge is 0.234 e. The third-order valence-corrected chi connectivity index (χ3v) is 1.72. The number of carbonyl (C=O) groups excluding carboxylic acids is 1. The maximum absolute atomic E-state index is 13.3. The van der Waals surface area contributed by atoms with Gasteiger partial charge in [0, 0.05) is 6.42 Å². The maximum atomic E-state index is 13.3. The second-order valence-corrected chi connectivity index (χ2v) is 2.64. The largest absolute Gasteiger partial charge is 0.242 e. The standard InChI is InChI=1S/C10H10FNO/c11-10(6-7-12-8-13)9-4-2-1-3-5-9/h1-5,10H,6-7H2. The van der Waals surface area contributed by atoms with Crippen molar-refractivity contribution < 1.29 is 9.18 Å². The van der Waals surface area contributed by atoms with Gasteiger partial charge in [-0.1, -0.05) is 30.3 Å². The maximum Gasteiger partial charge on any atom is 0.234 e. The van der Waals surface area contributed by atoms with Gasteiger partial charge in [0.25, 0.3) is 0 Å². The third kappa shape index (κ3) is 3.18. The molecule has 0 heterocycles. The summed E-state index contributed by atoms with van der Waals surface area (Å²) in [6.07, 6.45) is 0.575. The molecule has 1 rings (SSSR count). The van der Waals surface area contributed by atoms with E-state index in [2.05, 4.69) is 4.99 Å². The fourth-order valence-corrected chi connectivity index (χ4v) is 1.05. The van der Waals surface area contributed by atoms with Crippen LogP contribution < -0.4 is 0 Å². The van der Waals surface area contributed by atoms with E-state index in [0.29, 0.717) is 5.56 Å². The number of benzene rings is 1. The summed E-state index contributed by atoms with van der Waals surface area (Å²) >= 11 is 0. The van der Waals surface area contributed by atoms with Crippen LogP contribution in [0.3, 0.4) is 0 Å². The van der Waals surface area contributed by atoms with Crippen LogP contribution in [0.25, 0.3) is 0 Å². The fourth-order valence-electron chi connectivity index (χ4n) is 1.05. The first-order valence-electron chi connectivity index (χ1n) is 4.07. The van der Waals surface area contributed by atoms with E-state index < -0.39 is 6.17 Å². The molecule has 3 heteroatoms. The Morgan fingerprint density at radius 1 is 1.38 bits per heavy atom. The SMILES string of the molecule is O=C=NCCC(F)c1ccccc1. The van der Waals surface area contributed by atoms with E-state index in [9.17, 15) is 9.18 Å². The molecule has 0 amide bonds. The summed E-state index contributed by atoms with van der Waals surface area (Å²) in [4.78, 5) is 13.0. The van der Waals surface area contributed by atoms with Gasteiger partial charge in [0.2, 0.25) is 6.08 Å². The number of alkyl halides is 1. The molecule has 0 aliphatic heterocycles. The summed E-state index contributed by atoms with van der Waals surface area (Å²) in [6, 6.07) is 8.83. The van der Waals surface area contributed by atoms with Gasteiger partial charge in [-0.25, -0.2) is 14.2 Å². The quantitative estimate of drug-likeness (QED) is 0.515. The van der Waals surface area contributed by atoms with Crippen molar-refractivity contribution in [1.82, 2.24) is 0 Å². The summed E-state index contributed by atoms with van der Waals surface area (Å²) < 4.78 is 13.3. The fraction of sp³-hybridized carbons (Fsp3) is 0.300. The van der Waals surface area contributed by atoms with Crippen molar-refractivity contribution in [2.75, 3.05) is 6.54 Å². The lowest BCUT2D eigenvalue weighted by Gasteiger charge is -2.04. The third-order valence-electron chi connectivity index (χ3n) is 1.72. The van der Waals surface area contributed by atoms with Crippen LogP contribution in [-0.2, 0) is 4.79 Å². The van der Waals surface area contributed by atoms with Gasteiger partial charge >= 0.3 is 0 Å². The monoisotopic (exact) mass is 179 g/mol. The number of hydrogen-bond donors (Lipinski definition) is 0. The molecule has 0 N–H and O–H groups in total. The summed E-state index contributed by atoms with van der Waals surface area (Å²) in [5.41, 5.74) is 0.628. The summed E-state index contributed by atoms with van der Waals surface area (Å²) in [7, 11) is 0. The van der Waals surface area contributed by atoms with E-state index in [1.165, 1.54) is 6.08 Å². The van der Waals surface area contributed by atoms with Crippen molar-refractivity contribution in [3.63, 3.8) is 0 Å². The van der Waals surface area contributed by atoms with Crippen LogP contribution in [0.2, 0.25) is 0 Å². The zero-order valence-corrected chi connectivity index (χ0v) is 7.11. The van der Waals surface area contributed by atoms with Crippen molar-refractivity contribution in [3.8, 4) is 0 Å². The zero-order chi connectivity index (χ0) is 9.52. The second-order valence-electron chi connectivity index (χ2n) is 2.64. The van der Waals surface area contributed by atoms with Crippen molar-refractivity contribution in [2.24, 2.45) is 4.99 Å². The van der Waals surface area contributed by atoms with Crippen LogP contribution in [-0.4, -0.2) is 12.6 Å². The average molecular weight is 179 g/mol. The Morgan fingerprint density at radius 3 is 2.69 bits per heavy atom. The van der Waals surface area contributed by atoms with Gasteiger partial charge in [0.15, 0.2) is 0 Å². The highest BCUT2D eigenvalue weighted by Gasteiger charge is 2.07. The van der Waals surface area contributed by atoms with Crippen molar-refractivity contribution in [1.29, 1.82) is 0 Å². The second kappa shape index (κ2) is 5.22. The number of rotatable bonds is 4. The minimum absolute atomic E-state index is 0.194. The zero-order valence-electron chi connectivity index (χ0n) is 7.11. The normalized spacial score (nSPS) is 11.8. The van der Waals surface area contributed by atoms with Gasteiger partial charge in [0.1, 0.15) is 6.17 Å². The molecule has 68 valence electrons. The molecule has 0 aliphatic carbocycles. The summed E-state index contributed by atoms with van der Waals surface area (Å²) in [5.74, 6) is 0. The highest BCUT2D eigenvalue weighted by Crippen LogP contribution is 2.20. The van der Waals surface area contributed by atoms with E-state index in [-0.39, 0.29) is 13.0 Å². The minimum atomic E-state index is -1.04. The van der Waals surface area contributed by atoms with Crippen LogP contribution in [0.1, 0.15) is 18.2 Å². The average Bonchev–Trinajstić information content (AvgIpc) is 2.19. The number of hydrogen-bond acceptors (Lipinski definition) is 2. The van der Waals surface area contributed by atoms with Gasteiger partial charge in [-0.3, -0.25) is 0 Å². The Balaban J connectivity index is 2.48. The molecule has 13 heavy (non-hydrogen) atoms. The topological polar surface area (TPSA) is 29.4 Å². The van der Waals surface area contributed by atoms with Gasteiger partial charge in [-0.05, 0) is 5.56 Å². The van der Waals surface area contributed by atoms with Crippen molar-refractivity contribution in [2.45, 2.75) is 12.6 Å². The molecule has 0 saturated carbocycles. The molecule has 0 spiro atoms. The molecule has 0 bridgehead atoms. The number of nitrogens with zero attached hydrogens (tertiary/aromatic N) is 1. The first-order chi connectivity index (χ1) is 6.34. The van der Waals surface area contributed by atoms with E-state index in [0.717, 1.165) is 0 Å². The van der Waals surface area contributed by atoms with Gasteiger partial charge in [-0.15, -0.1) is 0 Å². The Hall–Kier alpha value is -1.47. The number of halogens is 1. The van der Waals surface area contributed by atoms with Crippen LogP contribution >= 0.6 is 0 Å². The Bertz CT molecular complexity index is 293. The molecule has 0 radical (unpaired) electrons. The highest BCUT2D eigenvalue weighted by molar-refractivity contribution is 5.32. The lowest BCUT2D eigenvalue weighted by atomic mass is 10.1. The Kier molecular flexibility index (Phi) is 3.86. The molecule has 2 nitrogen and oxygen atoms in total. The lowest BCUT2D eigenvalue weighted by Crippen LogP contribution is -1.93. The molecule has 1 aromatic carbocycles. The predicted octanol–water partition coefficient (Wildman–Crippen LogP) is 2.42. The van der Waals surface area contributed by atoms with Crippen LogP contribution in [0, 0.1) is 0 Å². The van der Waals surface area contributed by atoms with Crippen LogP contribution in [0.15, 0.2) is 35.3 Å². The lowest BCUT2D eigenvalue weighted by molar-refractivity contribution is 0.328. The molecule has 0 aliphatic rings. The molecular formula is C10H10FNO. The van der Waals surface area contributed by atoms with Crippen molar-refractivity contribution >= 4 is 6.08 Å². The van der Waals surface area contributed by atoms with Crippen LogP contribution in [0.5, 0.6) is 0 Å². The Labute approximate surface area is 76.1 Å². The van der Waals surface area contributed by atoms with Crippen LogP contribution in [0.4, 0.5) is 4.39 Å². The van der Waals surface area contributed by atoms with Gasteiger partial charge in [0.05, 0.1) is 6.54 Å². The molecule has 0 fully saturated rings. The van der Waals surface area contributed by atoms with E-state index in [1.54, 1.807) is 24.3 Å². The van der Waals surface area contributed by atoms with Gasteiger partial charge in [-0.2, -0.15) is 0 Å². The molecular weight excluding hydrogens is 169 g/mol. The number of isocyanates is 1. The molecule has 0 aromatic heterocycles. The summed E-state index contributed by atoms with van der Waals surface area (Å²) in [6.45, 7) is 0.194. The number of aliphatic imine (C=N–C) groups is 1.